The van der Waals surface area contributed by atoms with Gasteiger partial charge in [-0.3, -0.25) is 19.4 Å². The first-order valence-corrected chi connectivity index (χ1v) is 17.9. The number of unbranched alkanes of at least 4 members (excludes halogenated alkanes) is 1. The number of aliphatic carboxylic acids is 1. The van der Waals surface area contributed by atoms with Gasteiger partial charge < -0.3 is 36.0 Å². The SMILES string of the molecule is C=Cc1c(C)c2cc3nc(c(C(=O)O)c4nc(cc5[nH]c(cc1[nH]2)c(C)c5CC)C(C)=C4C(=O)NCCCCC(N)C(=O)O)[C@@H](CCC(=O)OC)[C@@H]3C. The molecule has 0 spiro atoms. The van der Waals surface area contributed by atoms with Gasteiger partial charge in [0.05, 0.1) is 29.8 Å². The second kappa shape index (κ2) is 16.0. The van der Waals surface area contributed by atoms with Crippen molar-refractivity contribution in [2.24, 2.45) is 5.73 Å². The van der Waals surface area contributed by atoms with Crippen LogP contribution in [0.25, 0.3) is 39.3 Å². The Balaban J connectivity index is 1.82. The number of nitrogens with two attached hydrogens (primary N) is 1. The number of aryl methyl sites for hydroxylation is 3. The summed E-state index contributed by atoms with van der Waals surface area (Å²) in [5.41, 5.74) is 14.5. The Hall–Kier alpha value is -5.56. The fourth-order valence-corrected chi connectivity index (χ4v) is 7.34. The zero-order valence-electron chi connectivity index (χ0n) is 31.1. The van der Waals surface area contributed by atoms with Gasteiger partial charge in [0.15, 0.2) is 0 Å². The maximum absolute atomic E-state index is 14.0. The van der Waals surface area contributed by atoms with Crippen LogP contribution in [0.5, 0.6) is 0 Å². The molecule has 0 fully saturated rings. The maximum atomic E-state index is 14.0. The summed E-state index contributed by atoms with van der Waals surface area (Å²) in [5.74, 6) is -4.17. The summed E-state index contributed by atoms with van der Waals surface area (Å²) in [6, 6.07) is 4.80. The number of carbonyl (C=O) groups is 4. The topological polar surface area (TPSA) is 213 Å². The number of hydrogen-bond acceptors (Lipinski definition) is 8. The Bertz CT molecular complexity index is 2190. The molecular weight excluding hydrogens is 676 g/mol. The van der Waals surface area contributed by atoms with E-state index < -0.39 is 35.8 Å². The number of carboxylic acid groups (broad SMARTS) is 2. The third kappa shape index (κ3) is 7.66. The largest absolute Gasteiger partial charge is 0.480 e. The molecule has 3 atom stereocenters. The summed E-state index contributed by atoms with van der Waals surface area (Å²) >= 11 is 0. The summed E-state index contributed by atoms with van der Waals surface area (Å²) in [6.07, 6.45) is 3.97. The molecule has 13 heteroatoms. The number of fused-ring (bicyclic) bond motifs is 8. The van der Waals surface area contributed by atoms with Crippen LogP contribution in [-0.4, -0.2) is 73.7 Å². The van der Waals surface area contributed by atoms with Gasteiger partial charge in [-0.15, -0.1) is 0 Å². The van der Waals surface area contributed by atoms with Crippen LogP contribution in [-0.2, 0) is 25.5 Å². The first kappa shape index (κ1) is 38.7. The van der Waals surface area contributed by atoms with E-state index in [-0.39, 0.29) is 54.2 Å². The van der Waals surface area contributed by atoms with Crippen LogP contribution in [0.2, 0.25) is 0 Å². The molecule has 5 rings (SSSR count). The lowest BCUT2D eigenvalue weighted by Gasteiger charge is -2.17. The number of carboxylic acids is 2. The smallest absolute Gasteiger partial charge is 0.339 e. The van der Waals surface area contributed by atoms with E-state index in [1.807, 2.05) is 39.0 Å². The highest BCUT2D eigenvalue weighted by molar-refractivity contribution is 6.28. The molecule has 5 heterocycles. The van der Waals surface area contributed by atoms with Gasteiger partial charge in [-0.1, -0.05) is 26.5 Å². The number of ether oxygens (including phenoxy) is 1. The van der Waals surface area contributed by atoms with Crippen LogP contribution in [0, 0.1) is 13.8 Å². The quantitative estimate of drug-likeness (QED) is 0.0854. The zero-order chi connectivity index (χ0) is 38.7. The average molecular weight is 725 g/mol. The Morgan fingerprint density at radius 1 is 1.02 bits per heavy atom. The summed E-state index contributed by atoms with van der Waals surface area (Å²) in [6.45, 7) is 14.0. The van der Waals surface area contributed by atoms with Gasteiger partial charge in [-0.25, -0.2) is 9.78 Å². The zero-order valence-corrected chi connectivity index (χ0v) is 31.1. The molecule has 8 bridgehead atoms. The van der Waals surface area contributed by atoms with E-state index in [1.54, 1.807) is 13.0 Å². The van der Waals surface area contributed by atoms with Crippen molar-refractivity contribution in [3.8, 4) is 0 Å². The van der Waals surface area contributed by atoms with Crippen LogP contribution in [0.15, 0.2) is 24.8 Å². The fraction of sp³-hybridized carbons (Fsp3) is 0.400. The number of hydrogen-bond donors (Lipinski definition) is 6. The number of esters is 1. The van der Waals surface area contributed by atoms with Crippen LogP contribution in [0.3, 0.4) is 0 Å². The van der Waals surface area contributed by atoms with Gasteiger partial charge in [-0.2, -0.15) is 0 Å². The normalized spacial score (nSPS) is 16.0. The molecule has 13 nitrogen and oxygen atoms in total. The third-order valence-electron chi connectivity index (χ3n) is 10.5. The number of allylic oxidation sites excluding steroid dienone is 1. The molecule has 53 heavy (non-hydrogen) atoms. The van der Waals surface area contributed by atoms with E-state index in [0.29, 0.717) is 36.2 Å². The molecule has 0 aliphatic carbocycles. The fourth-order valence-electron chi connectivity index (χ4n) is 7.34. The lowest BCUT2D eigenvalue weighted by Crippen LogP contribution is -2.30. The summed E-state index contributed by atoms with van der Waals surface area (Å²) < 4.78 is 4.93. The Morgan fingerprint density at radius 2 is 1.72 bits per heavy atom. The van der Waals surface area contributed by atoms with Crippen molar-refractivity contribution in [3.63, 3.8) is 0 Å². The van der Waals surface area contributed by atoms with Crippen LogP contribution in [0.4, 0.5) is 0 Å². The molecule has 1 unspecified atom stereocenters. The van der Waals surface area contributed by atoms with E-state index in [1.165, 1.54) is 7.11 Å². The first-order valence-electron chi connectivity index (χ1n) is 17.9. The third-order valence-corrected chi connectivity index (χ3v) is 10.5. The number of aromatic carboxylic acids is 1. The highest BCUT2D eigenvalue weighted by Crippen LogP contribution is 2.43. The second-order valence-electron chi connectivity index (χ2n) is 13.7. The molecular formula is C40H48N6O7. The first-order chi connectivity index (χ1) is 25.2. The Labute approximate surface area is 307 Å². The number of aromatic nitrogens is 4. The van der Waals surface area contributed by atoms with Crippen molar-refractivity contribution in [3.05, 3.63) is 75.4 Å². The lowest BCUT2D eigenvalue weighted by molar-refractivity contribution is -0.141. The molecule has 3 aromatic heterocycles. The Morgan fingerprint density at radius 3 is 2.36 bits per heavy atom. The van der Waals surface area contributed by atoms with E-state index in [4.69, 9.17) is 25.5 Å². The molecule has 1 amide bonds. The molecule has 0 saturated carbocycles. The van der Waals surface area contributed by atoms with Crippen molar-refractivity contribution in [1.82, 2.24) is 25.3 Å². The summed E-state index contributed by atoms with van der Waals surface area (Å²) in [5, 5.41) is 22.9. The molecule has 2 aliphatic heterocycles. The van der Waals surface area contributed by atoms with Gasteiger partial charge in [-0.05, 0) is 93.3 Å². The molecule has 0 aromatic carbocycles. The van der Waals surface area contributed by atoms with Gasteiger partial charge in [0.1, 0.15) is 11.6 Å². The number of carbonyl (C=O) groups excluding carboxylic acids is 2. The van der Waals surface area contributed by atoms with Crippen LogP contribution < -0.4 is 11.1 Å². The molecule has 280 valence electrons. The van der Waals surface area contributed by atoms with E-state index in [0.717, 1.165) is 44.3 Å². The van der Waals surface area contributed by atoms with Crippen molar-refractivity contribution in [2.75, 3.05) is 13.7 Å². The maximum Gasteiger partial charge on any atom is 0.339 e. The molecule has 0 radical (unpaired) electrons. The number of methoxy groups -OCH3 is 1. The molecule has 2 aliphatic rings. The number of amides is 1. The minimum Gasteiger partial charge on any atom is -0.480 e. The van der Waals surface area contributed by atoms with E-state index in [2.05, 4.69) is 28.8 Å². The van der Waals surface area contributed by atoms with Gasteiger partial charge >= 0.3 is 17.9 Å². The predicted octanol–water partition coefficient (Wildman–Crippen LogP) is 6.30. The van der Waals surface area contributed by atoms with Gasteiger partial charge in [0.25, 0.3) is 5.91 Å². The number of H-pyrrole nitrogens is 2. The van der Waals surface area contributed by atoms with E-state index >= 15 is 0 Å². The van der Waals surface area contributed by atoms with Gasteiger partial charge in [0.2, 0.25) is 0 Å². The highest BCUT2D eigenvalue weighted by atomic mass is 16.5. The average Bonchev–Trinajstić information content (AvgIpc) is 3.79. The minimum absolute atomic E-state index is 0.0191. The second-order valence-corrected chi connectivity index (χ2v) is 13.7. The molecule has 3 aromatic rings. The predicted molar refractivity (Wildman–Crippen MR) is 204 cm³/mol. The van der Waals surface area contributed by atoms with Crippen molar-refractivity contribution in [2.45, 2.75) is 91.0 Å². The molecule has 0 saturated heterocycles. The number of nitrogens with one attached hydrogen (secondary N) is 3. The van der Waals surface area contributed by atoms with Crippen LogP contribution in [0.1, 0.15) is 120 Å². The standard InChI is InChI=1S/C40H48N6O7/c1-8-23-19(3)27-16-29-21(5)25(13-14-33(47)53-7)36(45-29)35(40(51)52)37-34(38(48)42-15-11-10-12-26(41)39(49)50)22(6)30(46-37)18-32-24(9-2)20(4)28(44-32)17-31(23)43-27/h8,16-18,21,25-26,43-44H,1,9-15,41H2,2-7H3,(H,42,48)(H,49,50)(H,51,52)/t21-,25-,26?/m0/s1. The summed E-state index contributed by atoms with van der Waals surface area (Å²) in [7, 11) is 1.31. The van der Waals surface area contributed by atoms with E-state index in [9.17, 15) is 24.3 Å². The minimum atomic E-state index is -1.31. The summed E-state index contributed by atoms with van der Waals surface area (Å²) in [4.78, 5) is 67.9. The number of aromatic amines is 2. The lowest BCUT2D eigenvalue weighted by atomic mass is 9.85. The van der Waals surface area contributed by atoms with Crippen molar-refractivity contribution >= 4 is 63.1 Å². The Kier molecular flexibility index (Phi) is 11.7. The molecule has 7 N–H and O–H groups in total. The van der Waals surface area contributed by atoms with Crippen molar-refractivity contribution < 1.29 is 34.1 Å². The van der Waals surface area contributed by atoms with Gasteiger partial charge in [0, 0.05) is 58.1 Å². The van der Waals surface area contributed by atoms with Crippen LogP contribution >= 0.6 is 0 Å². The number of rotatable bonds is 13. The highest BCUT2D eigenvalue weighted by Gasteiger charge is 2.37. The van der Waals surface area contributed by atoms with Crippen molar-refractivity contribution in [1.29, 1.82) is 0 Å². The number of nitrogens with zero attached hydrogens (tertiary/aromatic N) is 2. The monoisotopic (exact) mass is 724 g/mol.